The highest BCUT2D eigenvalue weighted by molar-refractivity contribution is 5.16. The minimum Gasteiger partial charge on any atom is -0.379 e. The fraction of sp³-hybridized carbons (Fsp3) is 0.643. The van der Waals surface area contributed by atoms with Gasteiger partial charge in [-0.3, -0.25) is 9.88 Å². The van der Waals surface area contributed by atoms with Crippen LogP contribution in [0.4, 0.5) is 0 Å². The normalized spacial score (nSPS) is 16.9. The number of nitrogens with zero attached hydrogens (tertiary/aromatic N) is 2. The van der Waals surface area contributed by atoms with Crippen LogP contribution in [0, 0.1) is 6.92 Å². The Hall–Kier alpha value is -0.970. The Labute approximate surface area is 109 Å². The number of nitrogens with one attached hydrogen (secondary N) is 1. The lowest BCUT2D eigenvalue weighted by Gasteiger charge is -2.26. The first-order chi connectivity index (χ1) is 8.84. The lowest BCUT2D eigenvalue weighted by molar-refractivity contribution is 0.0374. The molecule has 0 amide bonds. The van der Waals surface area contributed by atoms with Crippen LogP contribution in [-0.2, 0) is 11.3 Å². The molecule has 4 heteroatoms. The van der Waals surface area contributed by atoms with Crippen LogP contribution < -0.4 is 5.32 Å². The molecule has 1 N–H and O–H groups in total. The molecular weight excluding hydrogens is 226 g/mol. The molecule has 0 aliphatic carbocycles. The topological polar surface area (TPSA) is 37.4 Å². The molecular formula is C14H23N3O. The summed E-state index contributed by atoms with van der Waals surface area (Å²) in [4.78, 5) is 6.67. The predicted molar refractivity (Wildman–Crippen MR) is 72.6 cm³/mol. The summed E-state index contributed by atoms with van der Waals surface area (Å²) in [7, 11) is 0. The quantitative estimate of drug-likeness (QED) is 0.769. The van der Waals surface area contributed by atoms with E-state index in [9.17, 15) is 0 Å². The Morgan fingerprint density at radius 1 is 1.33 bits per heavy atom. The van der Waals surface area contributed by atoms with Crippen molar-refractivity contribution in [3.05, 3.63) is 29.6 Å². The molecule has 0 radical (unpaired) electrons. The molecule has 1 aliphatic rings. The Bertz CT molecular complexity index is 351. The van der Waals surface area contributed by atoms with Crippen molar-refractivity contribution in [2.75, 3.05) is 39.4 Å². The zero-order valence-electron chi connectivity index (χ0n) is 11.2. The smallest absolute Gasteiger partial charge is 0.0594 e. The lowest BCUT2D eigenvalue weighted by Crippen LogP contribution is -2.37. The highest BCUT2D eigenvalue weighted by Crippen LogP contribution is 2.01. The fourth-order valence-electron chi connectivity index (χ4n) is 2.20. The maximum atomic E-state index is 5.33. The lowest BCUT2D eigenvalue weighted by atomic mass is 10.2. The molecule has 0 atom stereocenters. The third kappa shape index (κ3) is 4.72. The zero-order valence-corrected chi connectivity index (χ0v) is 11.2. The molecule has 100 valence electrons. The first kappa shape index (κ1) is 13.5. The van der Waals surface area contributed by atoms with Crippen LogP contribution in [0.5, 0.6) is 0 Å². The molecule has 1 aromatic heterocycles. The van der Waals surface area contributed by atoms with E-state index in [1.165, 1.54) is 24.1 Å². The van der Waals surface area contributed by atoms with E-state index in [-0.39, 0.29) is 0 Å². The van der Waals surface area contributed by atoms with Gasteiger partial charge in [-0.1, -0.05) is 6.07 Å². The molecule has 1 fully saturated rings. The van der Waals surface area contributed by atoms with Crippen LogP contribution in [0.15, 0.2) is 18.5 Å². The maximum absolute atomic E-state index is 5.33. The molecule has 2 heterocycles. The molecule has 1 aromatic rings. The van der Waals surface area contributed by atoms with Crippen molar-refractivity contribution < 1.29 is 4.74 Å². The minimum absolute atomic E-state index is 0.891. The Morgan fingerprint density at radius 2 is 2.17 bits per heavy atom. The van der Waals surface area contributed by atoms with Crippen molar-refractivity contribution >= 4 is 0 Å². The van der Waals surface area contributed by atoms with E-state index in [4.69, 9.17) is 4.74 Å². The number of pyridine rings is 1. The molecule has 4 nitrogen and oxygen atoms in total. The van der Waals surface area contributed by atoms with Crippen molar-refractivity contribution in [2.45, 2.75) is 19.9 Å². The van der Waals surface area contributed by atoms with E-state index in [0.717, 1.165) is 39.4 Å². The van der Waals surface area contributed by atoms with Gasteiger partial charge in [-0.2, -0.15) is 0 Å². The van der Waals surface area contributed by atoms with Gasteiger partial charge >= 0.3 is 0 Å². The highest BCUT2D eigenvalue weighted by atomic mass is 16.5. The molecule has 1 aliphatic heterocycles. The summed E-state index contributed by atoms with van der Waals surface area (Å²) in [5.74, 6) is 0. The molecule has 0 unspecified atom stereocenters. The van der Waals surface area contributed by atoms with Gasteiger partial charge in [0.15, 0.2) is 0 Å². The van der Waals surface area contributed by atoms with Gasteiger partial charge in [-0.15, -0.1) is 0 Å². The first-order valence-corrected chi connectivity index (χ1v) is 6.76. The molecule has 0 spiro atoms. The second-order valence-corrected chi connectivity index (χ2v) is 4.85. The van der Waals surface area contributed by atoms with Gasteiger partial charge in [0.1, 0.15) is 0 Å². The summed E-state index contributed by atoms with van der Waals surface area (Å²) in [6.45, 7) is 9.18. The number of ether oxygens (including phenoxy) is 1. The summed E-state index contributed by atoms with van der Waals surface area (Å²) in [5, 5.41) is 3.47. The van der Waals surface area contributed by atoms with E-state index in [2.05, 4.69) is 28.2 Å². The number of hydrogen-bond acceptors (Lipinski definition) is 4. The van der Waals surface area contributed by atoms with Crippen LogP contribution in [0.25, 0.3) is 0 Å². The number of aryl methyl sites for hydroxylation is 1. The van der Waals surface area contributed by atoms with E-state index >= 15 is 0 Å². The van der Waals surface area contributed by atoms with Gasteiger partial charge in [0.05, 0.1) is 13.2 Å². The summed E-state index contributed by atoms with van der Waals surface area (Å²) in [6.07, 6.45) is 5.02. The van der Waals surface area contributed by atoms with Gasteiger partial charge in [-0.05, 0) is 37.6 Å². The zero-order chi connectivity index (χ0) is 12.6. The molecule has 0 saturated carbocycles. The van der Waals surface area contributed by atoms with E-state index in [0.29, 0.717) is 0 Å². The molecule has 2 rings (SSSR count). The minimum atomic E-state index is 0.891. The highest BCUT2D eigenvalue weighted by Gasteiger charge is 2.08. The Balaban J connectivity index is 1.55. The third-order valence-electron chi connectivity index (χ3n) is 3.19. The molecule has 0 aromatic carbocycles. The monoisotopic (exact) mass is 249 g/mol. The second kappa shape index (κ2) is 7.46. The number of morpholine rings is 1. The second-order valence-electron chi connectivity index (χ2n) is 4.85. The van der Waals surface area contributed by atoms with Crippen LogP contribution in [-0.4, -0.2) is 49.3 Å². The summed E-state index contributed by atoms with van der Waals surface area (Å²) in [6, 6.07) is 2.18. The van der Waals surface area contributed by atoms with Crippen molar-refractivity contribution in [1.82, 2.24) is 15.2 Å². The summed E-state index contributed by atoms with van der Waals surface area (Å²) >= 11 is 0. The standard InChI is InChI=1S/C14H23N3O/c1-13-9-14(12-16-10-13)11-15-3-2-4-17-5-7-18-8-6-17/h9-10,12,15H,2-8,11H2,1H3. The molecule has 18 heavy (non-hydrogen) atoms. The van der Waals surface area contributed by atoms with Gasteiger partial charge in [0.2, 0.25) is 0 Å². The van der Waals surface area contributed by atoms with Crippen molar-refractivity contribution in [3.63, 3.8) is 0 Å². The van der Waals surface area contributed by atoms with E-state index < -0.39 is 0 Å². The SMILES string of the molecule is Cc1cncc(CNCCCN2CCOCC2)c1. The largest absolute Gasteiger partial charge is 0.379 e. The summed E-state index contributed by atoms with van der Waals surface area (Å²) < 4.78 is 5.33. The van der Waals surface area contributed by atoms with Gasteiger partial charge in [-0.25, -0.2) is 0 Å². The fourth-order valence-corrected chi connectivity index (χ4v) is 2.20. The average molecular weight is 249 g/mol. The first-order valence-electron chi connectivity index (χ1n) is 6.76. The van der Waals surface area contributed by atoms with Crippen molar-refractivity contribution in [1.29, 1.82) is 0 Å². The maximum Gasteiger partial charge on any atom is 0.0594 e. The summed E-state index contributed by atoms with van der Waals surface area (Å²) in [5.41, 5.74) is 2.49. The van der Waals surface area contributed by atoms with E-state index in [1.807, 2.05) is 12.4 Å². The van der Waals surface area contributed by atoms with Gasteiger partial charge in [0.25, 0.3) is 0 Å². The van der Waals surface area contributed by atoms with Crippen LogP contribution in [0.2, 0.25) is 0 Å². The predicted octanol–water partition coefficient (Wildman–Crippen LogP) is 1.20. The Kier molecular flexibility index (Phi) is 5.58. The van der Waals surface area contributed by atoms with Crippen LogP contribution in [0.3, 0.4) is 0 Å². The van der Waals surface area contributed by atoms with Crippen LogP contribution in [0.1, 0.15) is 17.5 Å². The van der Waals surface area contributed by atoms with Crippen LogP contribution >= 0.6 is 0 Å². The Morgan fingerprint density at radius 3 is 2.94 bits per heavy atom. The average Bonchev–Trinajstić information content (AvgIpc) is 2.40. The van der Waals surface area contributed by atoms with Gasteiger partial charge in [0, 0.05) is 32.0 Å². The molecule has 1 saturated heterocycles. The van der Waals surface area contributed by atoms with E-state index in [1.54, 1.807) is 0 Å². The number of aromatic nitrogens is 1. The van der Waals surface area contributed by atoms with Crippen molar-refractivity contribution in [3.8, 4) is 0 Å². The van der Waals surface area contributed by atoms with Crippen molar-refractivity contribution in [2.24, 2.45) is 0 Å². The number of hydrogen-bond donors (Lipinski definition) is 1. The number of rotatable bonds is 6. The van der Waals surface area contributed by atoms with Gasteiger partial charge < -0.3 is 10.1 Å². The molecule has 0 bridgehead atoms. The third-order valence-corrected chi connectivity index (χ3v) is 3.19.